The van der Waals surface area contributed by atoms with E-state index < -0.39 is 24.0 Å². The van der Waals surface area contributed by atoms with Crippen LogP contribution in [0.25, 0.3) is 11.0 Å². The number of halogens is 2. The number of aliphatic carboxylic acids is 1. The zero-order chi connectivity index (χ0) is 29.3. The van der Waals surface area contributed by atoms with Crippen LogP contribution < -0.4 is 10.6 Å². The van der Waals surface area contributed by atoms with Crippen LogP contribution in [0.3, 0.4) is 0 Å². The minimum atomic E-state index is -1.31. The molecule has 4 N–H and O–H groups in total. The summed E-state index contributed by atoms with van der Waals surface area (Å²) >= 11 is 13.1. The van der Waals surface area contributed by atoms with Gasteiger partial charge in [-0.3, -0.25) is 14.6 Å². The van der Waals surface area contributed by atoms with Gasteiger partial charge in [-0.15, -0.1) is 0 Å². The Bertz CT molecular complexity index is 1510. The fourth-order valence-corrected chi connectivity index (χ4v) is 5.93. The number of hydrogen-bond acceptors (Lipinski definition) is 6. The van der Waals surface area contributed by atoms with Crippen molar-refractivity contribution in [1.82, 2.24) is 20.4 Å². The highest BCUT2D eigenvalue weighted by molar-refractivity contribution is 6.40. The molecule has 0 spiro atoms. The summed E-state index contributed by atoms with van der Waals surface area (Å²) in [6.07, 6.45) is 0.479. The summed E-state index contributed by atoms with van der Waals surface area (Å²) in [5, 5.41) is 26.0. The fraction of sp³-hybridized carbons (Fsp3) is 0.357. The topological polar surface area (TPSA) is 148 Å². The number of para-hydroxylation sites is 1. The van der Waals surface area contributed by atoms with Gasteiger partial charge in [0.05, 0.1) is 21.7 Å². The Morgan fingerprint density at radius 1 is 1.17 bits per heavy atom. The van der Waals surface area contributed by atoms with Gasteiger partial charge in [0.25, 0.3) is 11.8 Å². The normalized spacial score (nSPS) is 17.9. The summed E-state index contributed by atoms with van der Waals surface area (Å²) in [7, 11) is 1.56. The van der Waals surface area contributed by atoms with Gasteiger partial charge in [-0.1, -0.05) is 41.4 Å². The molecule has 2 aromatic carbocycles. The predicted octanol–water partition coefficient (Wildman–Crippen LogP) is 2.76. The number of guanidine groups is 1. The van der Waals surface area contributed by atoms with Crippen molar-refractivity contribution in [2.24, 2.45) is 4.99 Å². The Labute approximate surface area is 245 Å². The minimum absolute atomic E-state index is 0.0255. The number of nitrogens with one attached hydrogen (secondary N) is 2. The zero-order valence-electron chi connectivity index (χ0n) is 22.2. The van der Waals surface area contributed by atoms with Crippen molar-refractivity contribution in [2.75, 3.05) is 33.2 Å². The van der Waals surface area contributed by atoms with E-state index in [0.717, 1.165) is 5.39 Å². The molecule has 216 valence electrons. The maximum Gasteiger partial charge on any atom is 0.328 e. The molecule has 2 aliphatic rings. The standard InChI is InChI=1S/C28H29Cl2N5O6/c1-31-28(35-8-6-17(36)14-35)32-12-20(27(39)40)33-25(37)23-19(29)10-16-13-34(9-7-18(16)24(23)30)26(38)22-11-15-4-2-3-5-21(15)41-22/h2-5,10-11,17,20,36H,6-9,12-14H2,1H3,(H,31,32)(H,33,37)(H,39,40)/t17-,20?/m0/s1. The molecular weight excluding hydrogens is 573 g/mol. The highest BCUT2D eigenvalue weighted by atomic mass is 35.5. The number of β-amino-alcohol motifs (C(OH)–C–C–N with tert-alkyl or cyclic N) is 1. The van der Waals surface area contributed by atoms with E-state index in [1.807, 2.05) is 23.1 Å². The first-order valence-corrected chi connectivity index (χ1v) is 13.9. The van der Waals surface area contributed by atoms with Crippen molar-refractivity contribution in [3.05, 3.63) is 68.9 Å². The Kier molecular flexibility index (Phi) is 8.39. The van der Waals surface area contributed by atoms with Gasteiger partial charge in [0.15, 0.2) is 11.7 Å². The smallest absolute Gasteiger partial charge is 0.328 e. The van der Waals surface area contributed by atoms with E-state index in [-0.39, 0.29) is 40.4 Å². The first-order chi connectivity index (χ1) is 19.7. The third-order valence-corrected chi connectivity index (χ3v) is 8.01. The molecule has 0 saturated carbocycles. The van der Waals surface area contributed by atoms with Gasteiger partial charge in [0.1, 0.15) is 11.6 Å². The summed E-state index contributed by atoms with van der Waals surface area (Å²) in [4.78, 5) is 45.9. The molecule has 0 radical (unpaired) electrons. The van der Waals surface area contributed by atoms with Gasteiger partial charge in [0.2, 0.25) is 0 Å². The van der Waals surface area contributed by atoms with Crippen molar-refractivity contribution in [3.8, 4) is 0 Å². The molecule has 2 atom stereocenters. The molecule has 1 saturated heterocycles. The van der Waals surface area contributed by atoms with Crippen LogP contribution in [0.2, 0.25) is 10.0 Å². The number of carbonyl (C=O) groups excluding carboxylic acids is 2. The van der Waals surface area contributed by atoms with Crippen molar-refractivity contribution < 1.29 is 29.0 Å². The number of carbonyl (C=O) groups is 3. The Morgan fingerprint density at radius 2 is 1.95 bits per heavy atom. The highest BCUT2D eigenvalue weighted by Crippen LogP contribution is 2.35. The van der Waals surface area contributed by atoms with E-state index in [1.165, 1.54) is 0 Å². The molecule has 41 heavy (non-hydrogen) atoms. The Hall–Kier alpha value is -3.80. The summed E-state index contributed by atoms with van der Waals surface area (Å²) in [5.41, 5.74) is 1.97. The minimum Gasteiger partial charge on any atom is -0.480 e. The van der Waals surface area contributed by atoms with Gasteiger partial charge >= 0.3 is 5.97 Å². The first kappa shape index (κ1) is 28.7. The average Bonchev–Trinajstić information content (AvgIpc) is 3.58. The van der Waals surface area contributed by atoms with E-state index in [4.69, 9.17) is 27.6 Å². The largest absolute Gasteiger partial charge is 0.480 e. The number of furan rings is 1. The number of fused-ring (bicyclic) bond motifs is 2. The van der Waals surface area contributed by atoms with Crippen molar-refractivity contribution >= 4 is 57.9 Å². The number of likely N-dealkylation sites (tertiary alicyclic amines) is 1. The average molecular weight is 602 g/mol. The Morgan fingerprint density at radius 3 is 2.63 bits per heavy atom. The number of aliphatic imine (C=N–C) groups is 1. The maximum atomic E-state index is 13.2. The molecule has 0 bridgehead atoms. The van der Waals surface area contributed by atoms with Crippen molar-refractivity contribution in [2.45, 2.75) is 31.5 Å². The lowest BCUT2D eigenvalue weighted by Crippen LogP contribution is -2.51. The van der Waals surface area contributed by atoms with Gasteiger partial charge in [0, 0.05) is 45.2 Å². The van der Waals surface area contributed by atoms with Crippen LogP contribution in [0.5, 0.6) is 0 Å². The number of amides is 2. The number of carboxylic acid groups (broad SMARTS) is 1. The molecule has 1 unspecified atom stereocenters. The van der Waals surface area contributed by atoms with Crippen LogP contribution in [-0.4, -0.2) is 89.1 Å². The molecule has 3 heterocycles. The molecule has 1 aromatic heterocycles. The molecule has 11 nitrogen and oxygen atoms in total. The van der Waals surface area contributed by atoms with Crippen LogP contribution >= 0.6 is 23.2 Å². The molecule has 1 fully saturated rings. The number of rotatable bonds is 6. The van der Waals surface area contributed by atoms with Gasteiger partial charge in [-0.2, -0.15) is 0 Å². The maximum absolute atomic E-state index is 13.2. The number of aliphatic hydroxyl groups is 1. The third-order valence-electron chi connectivity index (χ3n) is 7.30. The molecule has 5 rings (SSSR count). The van der Waals surface area contributed by atoms with Crippen LogP contribution in [0.4, 0.5) is 0 Å². The second-order valence-electron chi connectivity index (χ2n) is 9.99. The van der Waals surface area contributed by atoms with Crippen LogP contribution in [-0.2, 0) is 17.8 Å². The van der Waals surface area contributed by atoms with Crippen LogP contribution in [0, 0.1) is 0 Å². The monoisotopic (exact) mass is 601 g/mol. The van der Waals surface area contributed by atoms with Crippen LogP contribution in [0.1, 0.15) is 38.5 Å². The quantitative estimate of drug-likeness (QED) is 0.249. The summed E-state index contributed by atoms with van der Waals surface area (Å²) in [6.45, 7) is 1.37. The lowest BCUT2D eigenvalue weighted by molar-refractivity contribution is -0.139. The first-order valence-electron chi connectivity index (χ1n) is 13.1. The molecule has 0 aliphatic carbocycles. The second-order valence-corrected chi connectivity index (χ2v) is 10.8. The fourth-order valence-electron chi connectivity index (χ4n) is 5.17. The van der Waals surface area contributed by atoms with Gasteiger partial charge < -0.3 is 35.1 Å². The number of hydrogen-bond donors (Lipinski definition) is 4. The van der Waals surface area contributed by atoms with E-state index in [2.05, 4.69) is 15.6 Å². The van der Waals surface area contributed by atoms with Crippen molar-refractivity contribution in [3.63, 3.8) is 0 Å². The predicted molar refractivity (Wildman–Crippen MR) is 154 cm³/mol. The molecular formula is C28H29Cl2N5O6. The number of carboxylic acids is 1. The Balaban J connectivity index is 1.28. The molecule has 2 aliphatic heterocycles. The third kappa shape index (κ3) is 5.97. The van der Waals surface area contributed by atoms with Gasteiger partial charge in [-0.25, -0.2) is 4.79 Å². The lowest BCUT2D eigenvalue weighted by atomic mass is 9.96. The van der Waals surface area contributed by atoms with Crippen LogP contribution in [0.15, 0.2) is 45.8 Å². The molecule has 2 amide bonds. The van der Waals surface area contributed by atoms with Crippen molar-refractivity contribution in [1.29, 1.82) is 0 Å². The lowest BCUT2D eigenvalue weighted by Gasteiger charge is -2.30. The molecule has 3 aromatic rings. The van der Waals surface area contributed by atoms with E-state index in [0.29, 0.717) is 55.1 Å². The number of nitrogens with zero attached hydrogens (tertiary/aromatic N) is 3. The van der Waals surface area contributed by atoms with E-state index >= 15 is 0 Å². The second kappa shape index (κ2) is 12.0. The summed E-state index contributed by atoms with van der Waals surface area (Å²) in [5.74, 6) is -1.60. The molecule has 13 heteroatoms. The van der Waals surface area contributed by atoms with E-state index in [1.54, 1.807) is 30.1 Å². The summed E-state index contributed by atoms with van der Waals surface area (Å²) in [6, 6.07) is 9.35. The number of benzene rings is 2. The number of aliphatic hydroxyl groups excluding tert-OH is 1. The SMILES string of the molecule is CN=C(NCC(NC(=O)c1c(Cl)cc2c(c1Cl)CCN(C(=O)c1cc3ccccc3o1)C2)C(=O)O)N1CC[C@H](O)C1. The summed E-state index contributed by atoms with van der Waals surface area (Å²) < 4.78 is 5.73. The zero-order valence-corrected chi connectivity index (χ0v) is 23.7. The van der Waals surface area contributed by atoms with E-state index in [9.17, 15) is 24.6 Å². The van der Waals surface area contributed by atoms with Gasteiger partial charge in [-0.05, 0) is 42.2 Å². The highest BCUT2D eigenvalue weighted by Gasteiger charge is 2.31.